The van der Waals surface area contributed by atoms with E-state index in [0.717, 1.165) is 11.7 Å². The first-order valence-corrected chi connectivity index (χ1v) is 7.67. The van der Waals surface area contributed by atoms with Crippen LogP contribution in [0.2, 0.25) is 0 Å². The Kier molecular flexibility index (Phi) is 4.60. The zero-order chi connectivity index (χ0) is 11.4. The van der Waals surface area contributed by atoms with Crippen molar-refractivity contribution in [3.05, 3.63) is 0 Å². The number of thiol groups is 1. The molecule has 2 heteroatoms. The molecule has 0 atom stereocenters. The quantitative estimate of drug-likeness (QED) is 0.720. The monoisotopic (exact) mass is 241 g/mol. The number of nitrogens with zero attached hydrogens (tertiary/aromatic N) is 1. The maximum atomic E-state index is 4.55. The predicted octanol–water partition coefficient (Wildman–Crippen LogP) is 3.60. The summed E-state index contributed by atoms with van der Waals surface area (Å²) in [6.45, 7) is 2.61. The van der Waals surface area contributed by atoms with E-state index in [4.69, 9.17) is 0 Å². The van der Waals surface area contributed by atoms with Crippen LogP contribution in [0.15, 0.2) is 0 Å². The third-order valence-corrected chi connectivity index (χ3v) is 5.32. The molecule has 0 radical (unpaired) electrons. The van der Waals surface area contributed by atoms with Crippen LogP contribution in [0.4, 0.5) is 0 Å². The highest BCUT2D eigenvalue weighted by Gasteiger charge is 2.36. The van der Waals surface area contributed by atoms with Crippen molar-refractivity contribution in [3.8, 4) is 0 Å². The summed E-state index contributed by atoms with van der Waals surface area (Å²) < 4.78 is 0. The second-order valence-electron chi connectivity index (χ2n) is 6.21. The van der Waals surface area contributed by atoms with Gasteiger partial charge in [0.05, 0.1) is 0 Å². The summed E-state index contributed by atoms with van der Waals surface area (Å²) in [5, 5.41) is 0. The Bertz CT molecular complexity index is 201. The first-order chi connectivity index (χ1) is 7.74. The second-order valence-corrected chi connectivity index (χ2v) is 6.53. The standard InChI is InChI=1S/C14H27NS/c1-15(10-13-6-3-2-4-7-13)11-14(12-16)8-5-9-14/h13,16H,2-12H2,1H3. The lowest BCUT2D eigenvalue weighted by Crippen LogP contribution is -2.43. The Morgan fingerprint density at radius 3 is 2.31 bits per heavy atom. The highest BCUT2D eigenvalue weighted by molar-refractivity contribution is 7.80. The molecule has 94 valence electrons. The van der Waals surface area contributed by atoms with E-state index in [1.165, 1.54) is 64.5 Å². The summed E-state index contributed by atoms with van der Waals surface area (Å²) in [4.78, 5) is 2.59. The highest BCUT2D eigenvalue weighted by Crippen LogP contribution is 2.42. The van der Waals surface area contributed by atoms with Crippen LogP contribution in [0, 0.1) is 11.3 Å². The van der Waals surface area contributed by atoms with Crippen LogP contribution >= 0.6 is 12.6 Å². The van der Waals surface area contributed by atoms with Gasteiger partial charge < -0.3 is 4.90 Å². The highest BCUT2D eigenvalue weighted by atomic mass is 32.1. The molecule has 2 aliphatic rings. The van der Waals surface area contributed by atoms with Gasteiger partial charge in [-0.05, 0) is 49.8 Å². The molecule has 0 aromatic carbocycles. The molecular weight excluding hydrogens is 214 g/mol. The molecule has 2 fully saturated rings. The smallest absolute Gasteiger partial charge is 0.00429 e. The fourth-order valence-electron chi connectivity index (χ4n) is 3.49. The number of hydrogen-bond donors (Lipinski definition) is 1. The fourth-order valence-corrected chi connectivity index (χ4v) is 3.91. The second kappa shape index (κ2) is 5.77. The summed E-state index contributed by atoms with van der Waals surface area (Å²) in [5.41, 5.74) is 0.576. The molecule has 0 aliphatic heterocycles. The van der Waals surface area contributed by atoms with E-state index in [2.05, 4.69) is 24.6 Å². The van der Waals surface area contributed by atoms with Crippen LogP contribution in [0.5, 0.6) is 0 Å². The molecule has 0 aromatic heterocycles. The van der Waals surface area contributed by atoms with Gasteiger partial charge in [0.2, 0.25) is 0 Å². The van der Waals surface area contributed by atoms with E-state index in [9.17, 15) is 0 Å². The van der Waals surface area contributed by atoms with Crippen LogP contribution in [0.1, 0.15) is 51.4 Å². The van der Waals surface area contributed by atoms with Gasteiger partial charge in [0, 0.05) is 13.1 Å². The minimum absolute atomic E-state index is 0.576. The van der Waals surface area contributed by atoms with Gasteiger partial charge in [-0.3, -0.25) is 0 Å². The van der Waals surface area contributed by atoms with Crippen molar-refractivity contribution in [1.82, 2.24) is 4.90 Å². The largest absolute Gasteiger partial charge is 0.306 e. The van der Waals surface area contributed by atoms with Crippen molar-refractivity contribution < 1.29 is 0 Å². The molecular formula is C14H27NS. The van der Waals surface area contributed by atoms with Crippen LogP contribution in [0.25, 0.3) is 0 Å². The van der Waals surface area contributed by atoms with Gasteiger partial charge in [0.25, 0.3) is 0 Å². The van der Waals surface area contributed by atoms with Crippen LogP contribution in [0.3, 0.4) is 0 Å². The van der Waals surface area contributed by atoms with Crippen LogP contribution < -0.4 is 0 Å². The average Bonchev–Trinajstić information content (AvgIpc) is 2.25. The van der Waals surface area contributed by atoms with E-state index in [0.29, 0.717) is 5.41 Å². The van der Waals surface area contributed by atoms with Gasteiger partial charge in [0.1, 0.15) is 0 Å². The first kappa shape index (κ1) is 12.8. The van der Waals surface area contributed by atoms with E-state index < -0.39 is 0 Å². The maximum absolute atomic E-state index is 4.55. The van der Waals surface area contributed by atoms with E-state index in [-0.39, 0.29) is 0 Å². The molecule has 0 aromatic rings. The van der Waals surface area contributed by atoms with Crippen molar-refractivity contribution in [2.45, 2.75) is 51.4 Å². The topological polar surface area (TPSA) is 3.24 Å². The molecule has 0 N–H and O–H groups in total. The van der Waals surface area contributed by atoms with Crippen molar-refractivity contribution in [1.29, 1.82) is 0 Å². The Labute approximate surface area is 106 Å². The van der Waals surface area contributed by atoms with Gasteiger partial charge in [-0.1, -0.05) is 25.7 Å². The molecule has 0 amide bonds. The summed E-state index contributed by atoms with van der Waals surface area (Å²) in [5.74, 6) is 2.07. The Hall–Kier alpha value is 0.310. The van der Waals surface area contributed by atoms with E-state index in [1.807, 2.05) is 0 Å². The lowest BCUT2D eigenvalue weighted by Gasteiger charge is -2.44. The lowest BCUT2D eigenvalue weighted by atomic mass is 9.70. The van der Waals surface area contributed by atoms with E-state index in [1.54, 1.807) is 0 Å². The number of hydrogen-bond acceptors (Lipinski definition) is 2. The molecule has 0 saturated heterocycles. The molecule has 2 saturated carbocycles. The van der Waals surface area contributed by atoms with Crippen molar-refractivity contribution in [2.75, 3.05) is 25.9 Å². The minimum atomic E-state index is 0.576. The summed E-state index contributed by atoms with van der Waals surface area (Å²) >= 11 is 4.55. The molecule has 1 nitrogen and oxygen atoms in total. The Balaban J connectivity index is 1.72. The zero-order valence-corrected chi connectivity index (χ0v) is 11.6. The van der Waals surface area contributed by atoms with Gasteiger partial charge in [-0.25, -0.2) is 0 Å². The van der Waals surface area contributed by atoms with Gasteiger partial charge in [0.15, 0.2) is 0 Å². The molecule has 0 unspecified atom stereocenters. The van der Waals surface area contributed by atoms with Gasteiger partial charge >= 0.3 is 0 Å². The third kappa shape index (κ3) is 3.16. The Morgan fingerprint density at radius 1 is 1.12 bits per heavy atom. The average molecular weight is 241 g/mol. The summed E-state index contributed by atoms with van der Waals surface area (Å²) in [7, 11) is 2.32. The summed E-state index contributed by atoms with van der Waals surface area (Å²) in [6, 6.07) is 0. The van der Waals surface area contributed by atoms with Crippen molar-refractivity contribution in [3.63, 3.8) is 0 Å². The van der Waals surface area contributed by atoms with Crippen molar-refractivity contribution in [2.24, 2.45) is 11.3 Å². The molecule has 0 bridgehead atoms. The third-order valence-electron chi connectivity index (χ3n) is 4.65. The molecule has 2 aliphatic carbocycles. The van der Waals surface area contributed by atoms with Crippen LogP contribution in [-0.2, 0) is 0 Å². The predicted molar refractivity (Wildman–Crippen MR) is 74.2 cm³/mol. The first-order valence-electron chi connectivity index (χ1n) is 7.03. The molecule has 0 heterocycles. The maximum Gasteiger partial charge on any atom is 0.00429 e. The molecule has 16 heavy (non-hydrogen) atoms. The summed E-state index contributed by atoms with van der Waals surface area (Å²) in [6.07, 6.45) is 11.6. The lowest BCUT2D eigenvalue weighted by molar-refractivity contribution is 0.0915. The van der Waals surface area contributed by atoms with Crippen molar-refractivity contribution >= 4 is 12.6 Å². The Morgan fingerprint density at radius 2 is 1.81 bits per heavy atom. The SMILES string of the molecule is CN(CC1CCCCC1)CC1(CS)CCC1. The molecule has 2 rings (SSSR count). The fraction of sp³-hybridized carbons (Fsp3) is 1.00. The van der Waals surface area contributed by atoms with Gasteiger partial charge in [-0.15, -0.1) is 0 Å². The zero-order valence-electron chi connectivity index (χ0n) is 10.7. The van der Waals surface area contributed by atoms with Crippen LogP contribution in [-0.4, -0.2) is 30.8 Å². The van der Waals surface area contributed by atoms with Gasteiger partial charge in [-0.2, -0.15) is 12.6 Å². The number of rotatable bonds is 5. The van der Waals surface area contributed by atoms with E-state index >= 15 is 0 Å². The minimum Gasteiger partial charge on any atom is -0.306 e. The normalized spacial score (nSPS) is 25.7. The molecule has 0 spiro atoms.